The van der Waals surface area contributed by atoms with E-state index in [1.165, 1.54) is 23.5 Å². The van der Waals surface area contributed by atoms with Gasteiger partial charge in [-0.2, -0.15) is 18.6 Å². The number of nitrogens with zero attached hydrogens (tertiary/aromatic N) is 1. The van der Waals surface area contributed by atoms with Gasteiger partial charge in [0.15, 0.2) is 0 Å². The molecule has 0 aliphatic rings. The molecule has 0 aliphatic heterocycles. The number of thiazole rings is 1. The van der Waals surface area contributed by atoms with Gasteiger partial charge in [0.05, 0.1) is 29.7 Å². The van der Waals surface area contributed by atoms with E-state index in [4.69, 9.17) is 16.4 Å². The van der Waals surface area contributed by atoms with Crippen LogP contribution >= 0.6 is 11.3 Å². The van der Waals surface area contributed by atoms with Crippen LogP contribution in [0.5, 0.6) is 0 Å². The lowest BCUT2D eigenvalue weighted by Gasteiger charge is -2.25. The fourth-order valence-electron chi connectivity index (χ4n) is 4.04. The van der Waals surface area contributed by atoms with Crippen LogP contribution in [0.3, 0.4) is 0 Å². The Bertz CT molecular complexity index is 1390. The van der Waals surface area contributed by atoms with E-state index in [-0.39, 0.29) is 17.7 Å². The second-order valence-electron chi connectivity index (χ2n) is 8.69. The van der Waals surface area contributed by atoms with Crippen molar-refractivity contribution in [2.45, 2.75) is 37.1 Å². The first-order valence-electron chi connectivity index (χ1n) is 12.0. The molecule has 0 bridgehead atoms. The molecule has 2 aromatic carbocycles. The first kappa shape index (κ1) is 29.9. The lowest BCUT2D eigenvalue weighted by Crippen LogP contribution is -2.46. The molecular formula is C26H30N4O7S2. The van der Waals surface area contributed by atoms with Crippen molar-refractivity contribution in [3.05, 3.63) is 81.8 Å². The standard InChI is InChI=1S/C26H30N4O7S2/c1-3-18-15-38-25(29-18)21(14-17-9-11-19(12-10-17)39(34,35)37-28)30-24(32)20(13-16-7-5-4-6-8-16)22(23(27)31)26(33)36-2/h4-12,15,20-22H,3,13-14,28H2,1-2H3,(H2,27,31)(H,30,32)/t20-,21-,22?/m0/s1. The van der Waals surface area contributed by atoms with Crippen LogP contribution in [0.2, 0.25) is 0 Å². The maximum absolute atomic E-state index is 13.7. The summed E-state index contributed by atoms with van der Waals surface area (Å²) in [7, 11) is -2.95. The largest absolute Gasteiger partial charge is 0.468 e. The normalized spacial score (nSPS) is 13.7. The summed E-state index contributed by atoms with van der Waals surface area (Å²) in [6, 6.07) is 14.1. The zero-order valence-electron chi connectivity index (χ0n) is 21.4. The van der Waals surface area contributed by atoms with Crippen LogP contribution in [-0.2, 0) is 52.8 Å². The highest BCUT2D eigenvalue weighted by Crippen LogP contribution is 2.26. The molecular weight excluding hydrogens is 544 g/mol. The van der Waals surface area contributed by atoms with E-state index in [0.29, 0.717) is 17.0 Å². The first-order valence-corrected chi connectivity index (χ1v) is 14.3. The molecule has 0 saturated heterocycles. The van der Waals surface area contributed by atoms with Crippen molar-refractivity contribution >= 4 is 39.2 Å². The van der Waals surface area contributed by atoms with E-state index in [0.717, 1.165) is 18.4 Å². The van der Waals surface area contributed by atoms with Gasteiger partial charge in [-0.3, -0.25) is 14.4 Å². The highest BCUT2D eigenvalue weighted by Gasteiger charge is 2.40. The molecule has 1 aromatic heterocycles. The fourth-order valence-corrected chi connectivity index (χ4v) is 5.58. The Morgan fingerprint density at radius 1 is 1.03 bits per heavy atom. The predicted molar refractivity (Wildman–Crippen MR) is 143 cm³/mol. The number of carbonyl (C=O) groups excluding carboxylic acids is 3. The molecule has 5 N–H and O–H groups in total. The number of esters is 1. The van der Waals surface area contributed by atoms with Crippen LogP contribution in [0.25, 0.3) is 0 Å². The summed E-state index contributed by atoms with van der Waals surface area (Å²) in [5, 5.41) is 5.43. The number of aromatic nitrogens is 1. The number of benzene rings is 2. The van der Waals surface area contributed by atoms with Crippen molar-refractivity contribution in [1.82, 2.24) is 10.3 Å². The number of methoxy groups -OCH3 is 1. The second kappa shape index (κ2) is 13.4. The van der Waals surface area contributed by atoms with Gasteiger partial charge in [0.25, 0.3) is 0 Å². The highest BCUT2D eigenvalue weighted by atomic mass is 32.2. The number of nitrogens with two attached hydrogens (primary N) is 2. The number of amides is 2. The summed E-state index contributed by atoms with van der Waals surface area (Å²) in [4.78, 5) is 43.1. The van der Waals surface area contributed by atoms with E-state index in [1.54, 1.807) is 36.4 Å². The Kier molecular flexibility index (Phi) is 10.3. The van der Waals surface area contributed by atoms with Gasteiger partial charge in [0.1, 0.15) is 10.9 Å². The van der Waals surface area contributed by atoms with Crippen molar-refractivity contribution in [1.29, 1.82) is 0 Å². The summed E-state index contributed by atoms with van der Waals surface area (Å²) in [5.74, 6) is -0.276. The lowest BCUT2D eigenvalue weighted by atomic mass is 9.85. The zero-order valence-corrected chi connectivity index (χ0v) is 23.0. The number of hydrogen-bond acceptors (Lipinski definition) is 10. The molecule has 11 nitrogen and oxygen atoms in total. The third-order valence-corrected chi connectivity index (χ3v) is 8.23. The van der Waals surface area contributed by atoms with Crippen LogP contribution < -0.4 is 16.9 Å². The number of rotatable bonds is 13. The first-order chi connectivity index (χ1) is 18.6. The van der Waals surface area contributed by atoms with Gasteiger partial charge in [-0.25, -0.2) is 4.98 Å². The molecule has 0 radical (unpaired) electrons. The Labute approximate surface area is 230 Å². The van der Waals surface area contributed by atoms with Crippen molar-refractivity contribution in [3.63, 3.8) is 0 Å². The lowest BCUT2D eigenvalue weighted by molar-refractivity contribution is -0.154. The van der Waals surface area contributed by atoms with Crippen LogP contribution in [-0.4, -0.2) is 38.3 Å². The average Bonchev–Trinajstić information content (AvgIpc) is 3.42. The number of carbonyl (C=O) groups is 3. The van der Waals surface area contributed by atoms with Gasteiger partial charge in [-0.15, -0.1) is 11.3 Å². The monoisotopic (exact) mass is 574 g/mol. The van der Waals surface area contributed by atoms with Gasteiger partial charge >= 0.3 is 16.1 Å². The molecule has 3 atom stereocenters. The molecule has 39 heavy (non-hydrogen) atoms. The van der Waals surface area contributed by atoms with Gasteiger partial charge in [-0.1, -0.05) is 49.4 Å². The highest BCUT2D eigenvalue weighted by molar-refractivity contribution is 7.86. The minimum atomic E-state index is -4.07. The Hall–Kier alpha value is -3.65. The number of ether oxygens (including phenoxy) is 1. The van der Waals surface area contributed by atoms with Crippen molar-refractivity contribution < 1.29 is 31.8 Å². The molecule has 3 aromatic rings. The van der Waals surface area contributed by atoms with Crippen molar-refractivity contribution in [2.24, 2.45) is 23.5 Å². The number of hydrogen-bond donors (Lipinski definition) is 3. The van der Waals surface area contributed by atoms with Crippen LogP contribution in [0.4, 0.5) is 0 Å². The molecule has 13 heteroatoms. The maximum Gasteiger partial charge on any atom is 0.319 e. The fraction of sp³-hybridized carbons (Fsp3) is 0.308. The quantitative estimate of drug-likeness (QED) is 0.156. The maximum atomic E-state index is 13.7. The minimum Gasteiger partial charge on any atom is -0.468 e. The topological polar surface area (TPSA) is 181 Å². The zero-order chi connectivity index (χ0) is 28.6. The molecule has 208 valence electrons. The van der Waals surface area contributed by atoms with E-state index in [2.05, 4.69) is 14.6 Å². The molecule has 0 saturated carbocycles. The van der Waals surface area contributed by atoms with E-state index in [1.807, 2.05) is 18.4 Å². The summed E-state index contributed by atoms with van der Waals surface area (Å²) >= 11 is 1.35. The minimum absolute atomic E-state index is 0.0613. The van der Waals surface area contributed by atoms with Gasteiger partial charge in [0, 0.05) is 5.38 Å². The smallest absolute Gasteiger partial charge is 0.319 e. The Morgan fingerprint density at radius 3 is 2.21 bits per heavy atom. The third-order valence-electron chi connectivity index (χ3n) is 6.12. The Morgan fingerprint density at radius 2 is 1.67 bits per heavy atom. The third kappa shape index (κ3) is 7.69. The average molecular weight is 575 g/mol. The van der Waals surface area contributed by atoms with Crippen LogP contribution in [0, 0.1) is 11.8 Å². The molecule has 3 rings (SSSR count). The number of primary amides is 1. The van der Waals surface area contributed by atoms with Gasteiger partial charge in [-0.05, 0) is 42.5 Å². The van der Waals surface area contributed by atoms with Crippen LogP contribution in [0.1, 0.15) is 34.8 Å². The van der Waals surface area contributed by atoms with E-state index < -0.39 is 45.8 Å². The van der Waals surface area contributed by atoms with Gasteiger partial charge < -0.3 is 15.8 Å². The summed E-state index contributed by atoms with van der Waals surface area (Å²) < 4.78 is 32.6. The molecule has 0 fully saturated rings. The SMILES string of the molecule is CCc1csc([C@H](Cc2ccc(S(=O)(=O)ON)cc2)NC(=O)[C@@H](Cc2ccccc2)C(C(N)=O)C(=O)OC)n1. The van der Waals surface area contributed by atoms with E-state index >= 15 is 0 Å². The van der Waals surface area contributed by atoms with E-state index in [9.17, 15) is 22.8 Å². The van der Waals surface area contributed by atoms with Gasteiger partial charge in [0.2, 0.25) is 11.8 Å². The van der Waals surface area contributed by atoms with Crippen molar-refractivity contribution in [2.75, 3.05) is 7.11 Å². The second-order valence-corrected chi connectivity index (χ2v) is 11.2. The predicted octanol–water partition coefficient (Wildman–Crippen LogP) is 1.82. The molecule has 2 amide bonds. The number of aryl methyl sites for hydroxylation is 1. The van der Waals surface area contributed by atoms with Crippen LogP contribution in [0.15, 0.2) is 64.9 Å². The molecule has 1 unspecified atom stereocenters. The Balaban J connectivity index is 1.95. The summed E-state index contributed by atoms with van der Waals surface area (Å²) in [5.41, 5.74) is 7.80. The molecule has 1 heterocycles. The summed E-state index contributed by atoms with van der Waals surface area (Å²) in [6.07, 6.45) is 0.987. The number of nitrogens with one attached hydrogen (secondary N) is 1. The summed E-state index contributed by atoms with van der Waals surface area (Å²) in [6.45, 7) is 1.95. The van der Waals surface area contributed by atoms with Crippen molar-refractivity contribution in [3.8, 4) is 0 Å². The molecule has 0 aliphatic carbocycles. The molecule has 0 spiro atoms.